The zero-order chi connectivity index (χ0) is 17.1. The van der Waals surface area contributed by atoms with Gasteiger partial charge in [-0.15, -0.1) is 5.10 Å². The summed E-state index contributed by atoms with van der Waals surface area (Å²) in [6, 6.07) is 10.4. The number of aromatic hydroxyl groups is 1. The molecule has 24 heavy (non-hydrogen) atoms. The molecule has 0 atom stereocenters. The molecule has 1 heterocycles. The Hall–Kier alpha value is -3.22. The Kier molecular flexibility index (Phi) is 4.24. The first-order chi connectivity index (χ1) is 11.7. The van der Waals surface area contributed by atoms with Crippen molar-refractivity contribution in [2.45, 2.75) is 0 Å². The van der Waals surface area contributed by atoms with Gasteiger partial charge >= 0.3 is 0 Å². The van der Waals surface area contributed by atoms with Gasteiger partial charge in [-0.25, -0.2) is 4.68 Å². The summed E-state index contributed by atoms with van der Waals surface area (Å²) in [6.45, 7) is 0. The van der Waals surface area contributed by atoms with Crippen molar-refractivity contribution in [2.24, 2.45) is 0 Å². The van der Waals surface area contributed by atoms with Crippen LogP contribution in [0.1, 0.15) is 0 Å². The number of hydrogen-bond acceptors (Lipinski definition) is 6. The van der Waals surface area contributed by atoms with E-state index in [0.717, 1.165) is 11.3 Å². The van der Waals surface area contributed by atoms with Crippen LogP contribution >= 0.6 is 0 Å². The topological polar surface area (TPSA) is 78.6 Å². The molecule has 1 aromatic heterocycles. The quantitative estimate of drug-likeness (QED) is 0.776. The Morgan fingerprint density at radius 2 is 1.71 bits per heavy atom. The standard InChI is InChI=1S/C17H17N3O4/c1-22-12-5-6-14(16(9-12)23-2)20-10-13(18-19-20)11-4-7-15(21)17(8-11)24-3/h4-10,21H,1-3H3. The molecule has 0 aliphatic carbocycles. The molecule has 7 nitrogen and oxygen atoms in total. The number of hydrogen-bond donors (Lipinski definition) is 1. The van der Waals surface area contributed by atoms with Crippen molar-refractivity contribution in [3.63, 3.8) is 0 Å². The van der Waals surface area contributed by atoms with Crippen LogP contribution in [0.3, 0.4) is 0 Å². The summed E-state index contributed by atoms with van der Waals surface area (Å²) in [6.07, 6.45) is 1.77. The Morgan fingerprint density at radius 3 is 2.42 bits per heavy atom. The van der Waals surface area contributed by atoms with Crippen LogP contribution in [-0.4, -0.2) is 41.4 Å². The first kappa shape index (κ1) is 15.7. The van der Waals surface area contributed by atoms with Crippen molar-refractivity contribution in [3.8, 4) is 39.9 Å². The van der Waals surface area contributed by atoms with Crippen LogP contribution in [0.4, 0.5) is 0 Å². The van der Waals surface area contributed by atoms with E-state index in [2.05, 4.69) is 10.3 Å². The lowest BCUT2D eigenvalue weighted by molar-refractivity contribution is 0.373. The van der Waals surface area contributed by atoms with Crippen molar-refractivity contribution < 1.29 is 19.3 Å². The van der Waals surface area contributed by atoms with Crippen molar-refractivity contribution >= 4 is 0 Å². The van der Waals surface area contributed by atoms with E-state index < -0.39 is 0 Å². The fourth-order valence-electron chi connectivity index (χ4n) is 2.32. The predicted octanol–water partition coefficient (Wildman–Crippen LogP) is 2.67. The highest BCUT2D eigenvalue weighted by Gasteiger charge is 2.12. The smallest absolute Gasteiger partial charge is 0.161 e. The predicted molar refractivity (Wildman–Crippen MR) is 88.1 cm³/mol. The molecule has 0 spiro atoms. The number of rotatable bonds is 5. The van der Waals surface area contributed by atoms with Crippen molar-refractivity contribution in [2.75, 3.05) is 21.3 Å². The highest BCUT2D eigenvalue weighted by molar-refractivity contribution is 5.63. The van der Waals surface area contributed by atoms with Crippen molar-refractivity contribution in [1.29, 1.82) is 0 Å². The van der Waals surface area contributed by atoms with Gasteiger partial charge < -0.3 is 19.3 Å². The third-order valence-electron chi connectivity index (χ3n) is 3.60. The SMILES string of the molecule is COc1ccc(-n2cc(-c3ccc(O)c(OC)c3)nn2)c(OC)c1. The van der Waals surface area contributed by atoms with Crippen LogP contribution in [-0.2, 0) is 0 Å². The highest BCUT2D eigenvalue weighted by atomic mass is 16.5. The molecular formula is C17H17N3O4. The molecule has 7 heteroatoms. The van der Waals surface area contributed by atoms with Crippen LogP contribution in [0.15, 0.2) is 42.6 Å². The second kappa shape index (κ2) is 6.49. The largest absolute Gasteiger partial charge is 0.504 e. The second-order valence-corrected chi connectivity index (χ2v) is 4.97. The molecule has 3 aromatic rings. The second-order valence-electron chi connectivity index (χ2n) is 4.97. The fourth-order valence-corrected chi connectivity index (χ4v) is 2.32. The molecule has 124 valence electrons. The first-order valence-electron chi connectivity index (χ1n) is 7.18. The van der Waals surface area contributed by atoms with Gasteiger partial charge in [-0.05, 0) is 30.3 Å². The fraction of sp³-hybridized carbons (Fsp3) is 0.176. The van der Waals surface area contributed by atoms with Gasteiger partial charge in [0.2, 0.25) is 0 Å². The lowest BCUT2D eigenvalue weighted by Gasteiger charge is -2.09. The van der Waals surface area contributed by atoms with Gasteiger partial charge in [0.25, 0.3) is 0 Å². The van der Waals surface area contributed by atoms with E-state index in [4.69, 9.17) is 14.2 Å². The van der Waals surface area contributed by atoms with Gasteiger partial charge in [0.15, 0.2) is 11.5 Å². The maximum absolute atomic E-state index is 9.69. The van der Waals surface area contributed by atoms with Crippen LogP contribution < -0.4 is 14.2 Å². The molecule has 0 aliphatic rings. The van der Waals surface area contributed by atoms with E-state index in [1.165, 1.54) is 7.11 Å². The lowest BCUT2D eigenvalue weighted by Crippen LogP contribution is -1.99. The summed E-state index contributed by atoms with van der Waals surface area (Å²) in [5, 5.41) is 18.0. The monoisotopic (exact) mass is 327 g/mol. The van der Waals surface area contributed by atoms with E-state index in [1.807, 2.05) is 12.1 Å². The summed E-state index contributed by atoms with van der Waals surface area (Å²) >= 11 is 0. The van der Waals surface area contributed by atoms with Crippen LogP contribution in [0.5, 0.6) is 23.0 Å². The minimum atomic E-state index is 0.0745. The van der Waals surface area contributed by atoms with E-state index in [-0.39, 0.29) is 5.75 Å². The maximum Gasteiger partial charge on any atom is 0.161 e. The van der Waals surface area contributed by atoms with Crippen LogP contribution in [0.25, 0.3) is 16.9 Å². The van der Waals surface area contributed by atoms with Crippen molar-refractivity contribution in [3.05, 3.63) is 42.6 Å². The molecule has 0 fully saturated rings. The number of benzene rings is 2. The Labute approximate surface area is 139 Å². The number of phenols is 1. The summed E-state index contributed by atoms with van der Waals surface area (Å²) in [5.74, 6) is 1.77. The number of methoxy groups -OCH3 is 3. The number of aromatic nitrogens is 3. The minimum Gasteiger partial charge on any atom is -0.504 e. The molecular weight excluding hydrogens is 310 g/mol. The van der Waals surface area contributed by atoms with Crippen LogP contribution in [0, 0.1) is 0 Å². The molecule has 0 aliphatic heterocycles. The maximum atomic E-state index is 9.69. The van der Waals surface area contributed by atoms with Gasteiger partial charge in [-0.1, -0.05) is 5.21 Å². The van der Waals surface area contributed by atoms with Gasteiger partial charge in [0.1, 0.15) is 22.9 Å². The molecule has 0 radical (unpaired) electrons. The van der Waals surface area contributed by atoms with Gasteiger partial charge in [0.05, 0.1) is 27.5 Å². The van der Waals surface area contributed by atoms with E-state index in [0.29, 0.717) is 22.9 Å². The summed E-state index contributed by atoms with van der Waals surface area (Å²) < 4.78 is 17.3. The zero-order valence-electron chi connectivity index (χ0n) is 13.6. The molecule has 0 bridgehead atoms. The number of nitrogens with zero attached hydrogens (tertiary/aromatic N) is 3. The molecule has 0 saturated carbocycles. The molecule has 0 unspecified atom stereocenters. The Balaban J connectivity index is 1.99. The highest BCUT2D eigenvalue weighted by Crippen LogP contribution is 2.32. The average molecular weight is 327 g/mol. The Morgan fingerprint density at radius 1 is 0.917 bits per heavy atom. The zero-order valence-corrected chi connectivity index (χ0v) is 13.6. The van der Waals surface area contributed by atoms with Gasteiger partial charge in [-0.3, -0.25) is 0 Å². The van der Waals surface area contributed by atoms with Gasteiger partial charge in [0, 0.05) is 11.6 Å². The average Bonchev–Trinajstić information content (AvgIpc) is 3.11. The molecule has 3 rings (SSSR count). The lowest BCUT2D eigenvalue weighted by atomic mass is 10.1. The summed E-state index contributed by atoms with van der Waals surface area (Å²) in [7, 11) is 4.68. The van der Waals surface area contributed by atoms with Crippen LogP contribution in [0.2, 0.25) is 0 Å². The normalized spacial score (nSPS) is 10.5. The number of ether oxygens (including phenoxy) is 3. The summed E-state index contributed by atoms with van der Waals surface area (Å²) in [4.78, 5) is 0. The molecule has 2 aromatic carbocycles. The van der Waals surface area contributed by atoms with E-state index in [1.54, 1.807) is 49.4 Å². The molecule has 0 amide bonds. The minimum absolute atomic E-state index is 0.0745. The number of phenolic OH excluding ortho intramolecular Hbond substituents is 1. The van der Waals surface area contributed by atoms with E-state index in [9.17, 15) is 5.11 Å². The molecule has 1 N–H and O–H groups in total. The summed E-state index contributed by atoms with van der Waals surface area (Å²) in [5.41, 5.74) is 2.16. The first-order valence-corrected chi connectivity index (χ1v) is 7.18. The van der Waals surface area contributed by atoms with E-state index >= 15 is 0 Å². The molecule has 0 saturated heterocycles. The third kappa shape index (κ3) is 2.83. The third-order valence-corrected chi connectivity index (χ3v) is 3.60. The van der Waals surface area contributed by atoms with Gasteiger partial charge in [-0.2, -0.15) is 0 Å². The van der Waals surface area contributed by atoms with Crippen molar-refractivity contribution in [1.82, 2.24) is 15.0 Å². The Bertz CT molecular complexity index is 861.